The molecule has 174 valence electrons. The number of benzene rings is 1. The van der Waals surface area contributed by atoms with Crippen molar-refractivity contribution in [3.8, 4) is 5.75 Å². The van der Waals surface area contributed by atoms with Gasteiger partial charge in [-0.25, -0.2) is 0 Å². The molecule has 5 heteroatoms. The summed E-state index contributed by atoms with van der Waals surface area (Å²) in [6, 6.07) is 6.82. The first kappa shape index (κ1) is 24.6. The SMILES string of the molecule is CCC(=O)N[C@H]1CC[C@H](CCN2CCC(Cc3cc(OC(C)C)ccc3Br)CC2)CC1. The number of carbonyl (C=O) groups is 1. The normalized spacial score (nSPS) is 23.1. The first-order chi connectivity index (χ1) is 14.9. The molecule has 0 radical (unpaired) electrons. The van der Waals surface area contributed by atoms with E-state index in [-0.39, 0.29) is 12.0 Å². The van der Waals surface area contributed by atoms with Crippen molar-refractivity contribution in [3.05, 3.63) is 28.2 Å². The maximum atomic E-state index is 11.6. The minimum atomic E-state index is 0.206. The van der Waals surface area contributed by atoms with Crippen LogP contribution in [0.2, 0.25) is 0 Å². The van der Waals surface area contributed by atoms with E-state index < -0.39 is 0 Å². The summed E-state index contributed by atoms with van der Waals surface area (Å²) in [7, 11) is 0. The van der Waals surface area contributed by atoms with E-state index in [2.05, 4.69) is 58.2 Å². The van der Waals surface area contributed by atoms with E-state index in [1.165, 1.54) is 61.8 Å². The van der Waals surface area contributed by atoms with Crippen LogP contribution in [0, 0.1) is 11.8 Å². The van der Waals surface area contributed by atoms with Crippen LogP contribution in [0.15, 0.2) is 22.7 Å². The van der Waals surface area contributed by atoms with Gasteiger partial charge >= 0.3 is 0 Å². The fourth-order valence-corrected chi connectivity index (χ4v) is 5.48. The second kappa shape index (κ2) is 12.2. The Kier molecular flexibility index (Phi) is 9.71. The van der Waals surface area contributed by atoms with Gasteiger partial charge in [-0.15, -0.1) is 0 Å². The van der Waals surface area contributed by atoms with E-state index in [0.717, 1.165) is 36.8 Å². The van der Waals surface area contributed by atoms with Gasteiger partial charge < -0.3 is 15.0 Å². The molecule has 3 rings (SSSR count). The van der Waals surface area contributed by atoms with Crippen LogP contribution in [-0.2, 0) is 11.2 Å². The van der Waals surface area contributed by atoms with Gasteiger partial charge in [-0.3, -0.25) is 4.79 Å². The van der Waals surface area contributed by atoms with Gasteiger partial charge in [-0.1, -0.05) is 22.9 Å². The third-order valence-corrected chi connectivity index (χ3v) is 7.76. The summed E-state index contributed by atoms with van der Waals surface area (Å²) in [6.45, 7) is 9.78. The van der Waals surface area contributed by atoms with Crippen molar-refractivity contribution in [2.24, 2.45) is 11.8 Å². The quantitative estimate of drug-likeness (QED) is 0.461. The minimum absolute atomic E-state index is 0.206. The lowest BCUT2D eigenvalue weighted by atomic mass is 9.83. The number of likely N-dealkylation sites (tertiary alicyclic amines) is 1. The molecule has 1 N–H and O–H groups in total. The largest absolute Gasteiger partial charge is 0.491 e. The third kappa shape index (κ3) is 8.09. The highest BCUT2D eigenvalue weighted by molar-refractivity contribution is 9.10. The third-order valence-electron chi connectivity index (χ3n) is 6.99. The lowest BCUT2D eigenvalue weighted by Crippen LogP contribution is -2.38. The molecule has 2 fully saturated rings. The molecule has 0 aromatic heterocycles. The van der Waals surface area contributed by atoms with Crippen LogP contribution in [0.3, 0.4) is 0 Å². The Morgan fingerprint density at radius 1 is 1.13 bits per heavy atom. The maximum Gasteiger partial charge on any atom is 0.219 e. The Morgan fingerprint density at radius 3 is 2.48 bits per heavy atom. The topological polar surface area (TPSA) is 41.6 Å². The van der Waals surface area contributed by atoms with Crippen LogP contribution in [0.4, 0.5) is 0 Å². The van der Waals surface area contributed by atoms with Crippen LogP contribution < -0.4 is 10.1 Å². The molecular formula is C26H41BrN2O2. The molecule has 2 aliphatic rings. The zero-order valence-corrected chi connectivity index (χ0v) is 21.3. The minimum Gasteiger partial charge on any atom is -0.491 e. The molecule has 0 spiro atoms. The number of nitrogens with zero attached hydrogens (tertiary/aromatic N) is 1. The highest BCUT2D eigenvalue weighted by Crippen LogP contribution is 2.31. The average molecular weight is 494 g/mol. The number of rotatable bonds is 9. The monoisotopic (exact) mass is 492 g/mol. The maximum absolute atomic E-state index is 11.6. The van der Waals surface area contributed by atoms with Crippen molar-refractivity contribution in [1.82, 2.24) is 10.2 Å². The second-order valence-electron chi connectivity index (χ2n) is 9.84. The molecule has 1 amide bonds. The van der Waals surface area contributed by atoms with Crippen molar-refractivity contribution in [2.75, 3.05) is 19.6 Å². The summed E-state index contributed by atoms with van der Waals surface area (Å²) in [5.74, 6) is 2.79. The molecule has 1 aromatic rings. The first-order valence-electron chi connectivity index (χ1n) is 12.4. The van der Waals surface area contributed by atoms with Crippen molar-refractivity contribution >= 4 is 21.8 Å². The van der Waals surface area contributed by atoms with Gasteiger partial charge in [-0.2, -0.15) is 0 Å². The lowest BCUT2D eigenvalue weighted by molar-refractivity contribution is -0.121. The molecule has 1 aliphatic heterocycles. The molecule has 1 aromatic carbocycles. The molecule has 0 unspecified atom stereocenters. The Labute approximate surface area is 197 Å². The van der Waals surface area contributed by atoms with Gasteiger partial charge in [0.25, 0.3) is 0 Å². The first-order valence-corrected chi connectivity index (χ1v) is 13.2. The number of halogens is 1. The predicted molar refractivity (Wildman–Crippen MR) is 132 cm³/mol. The number of ether oxygens (including phenoxy) is 1. The van der Waals surface area contributed by atoms with E-state index >= 15 is 0 Å². The van der Waals surface area contributed by atoms with Crippen molar-refractivity contribution in [3.63, 3.8) is 0 Å². The summed E-state index contributed by atoms with van der Waals surface area (Å²) in [5, 5.41) is 3.18. The average Bonchev–Trinajstić information content (AvgIpc) is 2.76. The van der Waals surface area contributed by atoms with Crippen LogP contribution in [-0.4, -0.2) is 42.6 Å². The van der Waals surface area contributed by atoms with Crippen molar-refractivity contribution in [2.45, 2.75) is 90.7 Å². The Balaban J connectivity index is 1.36. The highest BCUT2D eigenvalue weighted by atomic mass is 79.9. The van der Waals surface area contributed by atoms with E-state index in [0.29, 0.717) is 12.5 Å². The summed E-state index contributed by atoms with van der Waals surface area (Å²) < 4.78 is 7.09. The van der Waals surface area contributed by atoms with Crippen LogP contribution >= 0.6 is 15.9 Å². The fraction of sp³-hybridized carbons (Fsp3) is 0.731. The van der Waals surface area contributed by atoms with Crippen molar-refractivity contribution < 1.29 is 9.53 Å². The highest BCUT2D eigenvalue weighted by Gasteiger charge is 2.24. The lowest BCUT2D eigenvalue weighted by Gasteiger charge is -2.34. The Hall–Kier alpha value is -1.07. The number of carbonyl (C=O) groups excluding carboxylic acids is 1. The zero-order valence-electron chi connectivity index (χ0n) is 19.7. The molecule has 1 saturated heterocycles. The van der Waals surface area contributed by atoms with Crippen molar-refractivity contribution in [1.29, 1.82) is 0 Å². The van der Waals surface area contributed by atoms with E-state index in [4.69, 9.17) is 4.74 Å². The molecule has 0 bridgehead atoms. The van der Waals surface area contributed by atoms with Gasteiger partial charge in [-0.05, 0) is 120 Å². The fourth-order valence-electron chi connectivity index (χ4n) is 5.07. The molecule has 4 nitrogen and oxygen atoms in total. The molecule has 1 saturated carbocycles. The van der Waals surface area contributed by atoms with Gasteiger partial charge in [0.05, 0.1) is 6.10 Å². The Bertz CT molecular complexity index is 693. The van der Waals surface area contributed by atoms with Gasteiger partial charge in [0, 0.05) is 16.9 Å². The number of hydrogen-bond donors (Lipinski definition) is 1. The summed E-state index contributed by atoms with van der Waals surface area (Å²) in [6.07, 6.45) is 10.7. The van der Waals surface area contributed by atoms with Crippen LogP contribution in [0.5, 0.6) is 5.75 Å². The second-order valence-corrected chi connectivity index (χ2v) is 10.7. The van der Waals surface area contributed by atoms with Crippen LogP contribution in [0.1, 0.15) is 77.7 Å². The van der Waals surface area contributed by atoms with Gasteiger partial charge in [0.15, 0.2) is 0 Å². The summed E-state index contributed by atoms with van der Waals surface area (Å²) >= 11 is 3.74. The summed E-state index contributed by atoms with van der Waals surface area (Å²) in [4.78, 5) is 14.3. The van der Waals surface area contributed by atoms with E-state index in [9.17, 15) is 4.79 Å². The van der Waals surface area contributed by atoms with Gasteiger partial charge in [0.2, 0.25) is 5.91 Å². The number of nitrogens with one attached hydrogen (secondary N) is 1. The molecule has 0 atom stereocenters. The molecule has 1 aliphatic carbocycles. The van der Waals surface area contributed by atoms with E-state index in [1.807, 2.05) is 6.92 Å². The predicted octanol–water partition coefficient (Wildman–Crippen LogP) is 5.97. The number of piperidine rings is 1. The molecular weight excluding hydrogens is 452 g/mol. The Morgan fingerprint density at radius 2 is 1.84 bits per heavy atom. The smallest absolute Gasteiger partial charge is 0.219 e. The van der Waals surface area contributed by atoms with Crippen LogP contribution in [0.25, 0.3) is 0 Å². The number of hydrogen-bond acceptors (Lipinski definition) is 3. The molecule has 31 heavy (non-hydrogen) atoms. The van der Waals surface area contributed by atoms with E-state index in [1.54, 1.807) is 0 Å². The standard InChI is InChI=1S/C26H41BrN2O2/c1-4-26(30)28-23-7-5-20(6-8-23)11-14-29-15-12-21(13-16-29)17-22-18-24(31-19(2)3)9-10-25(22)27/h9-10,18-21,23H,4-8,11-17H2,1-3H3,(H,28,30)/t20-,23-. The number of amides is 1. The molecule has 1 heterocycles. The zero-order chi connectivity index (χ0) is 22.2. The summed E-state index contributed by atoms with van der Waals surface area (Å²) in [5.41, 5.74) is 1.38. The van der Waals surface area contributed by atoms with Gasteiger partial charge in [0.1, 0.15) is 5.75 Å².